The van der Waals surface area contributed by atoms with Gasteiger partial charge in [0.25, 0.3) is 5.91 Å². The molecule has 6 heteroatoms. The van der Waals surface area contributed by atoms with E-state index < -0.39 is 0 Å². The summed E-state index contributed by atoms with van der Waals surface area (Å²) in [5.41, 5.74) is 7.26. The normalized spacial score (nSPS) is 10.3. The first kappa shape index (κ1) is 13.6. The fraction of sp³-hybridized carbons (Fsp3) is 0.0769. The van der Waals surface area contributed by atoms with Crippen LogP contribution in [-0.4, -0.2) is 10.9 Å². The molecule has 19 heavy (non-hydrogen) atoms. The Kier molecular flexibility index (Phi) is 3.93. The number of pyridine rings is 1. The molecule has 1 aromatic carbocycles. The van der Waals surface area contributed by atoms with E-state index in [0.29, 0.717) is 11.4 Å². The summed E-state index contributed by atoms with van der Waals surface area (Å²) >= 11 is 11.7. The molecule has 0 aliphatic rings. The maximum absolute atomic E-state index is 12.0. The van der Waals surface area contributed by atoms with Gasteiger partial charge in [0, 0.05) is 11.8 Å². The summed E-state index contributed by atoms with van der Waals surface area (Å²) in [4.78, 5) is 16.1. The summed E-state index contributed by atoms with van der Waals surface area (Å²) in [6.07, 6.45) is 1.67. The third-order valence-electron chi connectivity index (χ3n) is 2.47. The summed E-state index contributed by atoms with van der Waals surface area (Å²) in [7, 11) is 0. The number of halogens is 2. The van der Waals surface area contributed by atoms with Gasteiger partial charge in [-0.2, -0.15) is 0 Å². The number of nitrogens with one attached hydrogen (secondary N) is 1. The predicted octanol–water partition coefficient (Wildman–Crippen LogP) is 3.53. The molecule has 0 aliphatic carbocycles. The summed E-state index contributed by atoms with van der Waals surface area (Å²) < 4.78 is 0. The number of hydrogen-bond acceptors (Lipinski definition) is 3. The number of anilines is 2. The van der Waals surface area contributed by atoms with E-state index in [1.807, 2.05) is 13.0 Å². The number of carbonyl (C=O) groups excluding carboxylic acids is 1. The summed E-state index contributed by atoms with van der Waals surface area (Å²) in [6, 6.07) is 6.50. The molecule has 98 valence electrons. The molecule has 1 heterocycles. The Hall–Kier alpha value is -1.78. The van der Waals surface area contributed by atoms with Crippen molar-refractivity contribution >= 4 is 40.6 Å². The highest BCUT2D eigenvalue weighted by molar-refractivity contribution is 6.44. The first-order chi connectivity index (χ1) is 8.97. The van der Waals surface area contributed by atoms with Crippen molar-refractivity contribution < 1.29 is 4.79 Å². The number of amides is 1. The molecular weight excluding hydrogens is 285 g/mol. The van der Waals surface area contributed by atoms with Crippen molar-refractivity contribution in [2.45, 2.75) is 6.92 Å². The van der Waals surface area contributed by atoms with Crippen molar-refractivity contribution in [3.63, 3.8) is 0 Å². The van der Waals surface area contributed by atoms with Crippen molar-refractivity contribution in [1.82, 2.24) is 4.98 Å². The van der Waals surface area contributed by atoms with Crippen LogP contribution in [0.2, 0.25) is 10.0 Å². The number of benzene rings is 1. The molecule has 1 aromatic heterocycles. The largest absolute Gasteiger partial charge is 0.397 e. The Morgan fingerprint density at radius 1 is 1.32 bits per heavy atom. The fourth-order valence-electron chi connectivity index (χ4n) is 1.47. The molecule has 0 unspecified atom stereocenters. The second-order valence-corrected chi connectivity index (χ2v) is 4.82. The highest BCUT2D eigenvalue weighted by Crippen LogP contribution is 2.29. The SMILES string of the molecule is Cc1ccc(NC(=O)c2cc(N)c(Cl)c(Cl)c2)nc1. The zero-order chi connectivity index (χ0) is 14.0. The molecule has 0 saturated heterocycles. The van der Waals surface area contributed by atoms with Crippen molar-refractivity contribution in [3.8, 4) is 0 Å². The number of rotatable bonds is 2. The summed E-state index contributed by atoms with van der Waals surface area (Å²) in [5, 5.41) is 3.13. The minimum Gasteiger partial charge on any atom is -0.397 e. The van der Waals surface area contributed by atoms with Crippen molar-refractivity contribution in [3.05, 3.63) is 51.6 Å². The zero-order valence-electron chi connectivity index (χ0n) is 10.1. The smallest absolute Gasteiger partial charge is 0.256 e. The van der Waals surface area contributed by atoms with Gasteiger partial charge in [-0.25, -0.2) is 4.98 Å². The van der Waals surface area contributed by atoms with Crippen LogP contribution >= 0.6 is 23.2 Å². The minimum atomic E-state index is -0.346. The first-order valence-electron chi connectivity index (χ1n) is 5.46. The topological polar surface area (TPSA) is 68.0 Å². The van der Waals surface area contributed by atoms with Gasteiger partial charge in [-0.3, -0.25) is 4.79 Å². The van der Waals surface area contributed by atoms with Crippen LogP contribution in [-0.2, 0) is 0 Å². The maximum Gasteiger partial charge on any atom is 0.256 e. The van der Waals surface area contributed by atoms with Crippen molar-refractivity contribution in [2.75, 3.05) is 11.1 Å². The fourth-order valence-corrected chi connectivity index (χ4v) is 1.81. The van der Waals surface area contributed by atoms with E-state index in [4.69, 9.17) is 28.9 Å². The molecule has 0 radical (unpaired) electrons. The van der Waals surface area contributed by atoms with Gasteiger partial charge in [0.2, 0.25) is 0 Å². The Morgan fingerprint density at radius 2 is 2.05 bits per heavy atom. The summed E-state index contributed by atoms with van der Waals surface area (Å²) in [6.45, 7) is 1.91. The van der Waals surface area contributed by atoms with Gasteiger partial charge in [0.05, 0.1) is 15.7 Å². The van der Waals surface area contributed by atoms with Crippen LogP contribution in [0.4, 0.5) is 11.5 Å². The van der Waals surface area contributed by atoms with E-state index in [9.17, 15) is 4.79 Å². The van der Waals surface area contributed by atoms with E-state index in [0.717, 1.165) is 5.56 Å². The van der Waals surface area contributed by atoms with Gasteiger partial charge in [-0.1, -0.05) is 29.3 Å². The highest BCUT2D eigenvalue weighted by Gasteiger charge is 2.11. The quantitative estimate of drug-likeness (QED) is 0.833. The Balaban J connectivity index is 2.23. The standard InChI is InChI=1S/C13H11Cl2N3O/c1-7-2-3-11(17-6-7)18-13(19)8-4-9(14)12(15)10(16)5-8/h2-6H,16H2,1H3,(H,17,18,19). The van der Waals surface area contributed by atoms with Gasteiger partial charge in [0.15, 0.2) is 0 Å². The number of nitrogens with zero attached hydrogens (tertiary/aromatic N) is 1. The van der Waals surface area contributed by atoms with E-state index >= 15 is 0 Å². The van der Waals surface area contributed by atoms with E-state index in [1.54, 1.807) is 12.3 Å². The Bertz CT molecular complexity index is 603. The van der Waals surface area contributed by atoms with E-state index in [1.165, 1.54) is 12.1 Å². The first-order valence-corrected chi connectivity index (χ1v) is 6.21. The highest BCUT2D eigenvalue weighted by atomic mass is 35.5. The van der Waals surface area contributed by atoms with E-state index in [-0.39, 0.29) is 21.6 Å². The van der Waals surface area contributed by atoms with Crippen LogP contribution in [0.3, 0.4) is 0 Å². The number of nitrogens with two attached hydrogens (primary N) is 1. The zero-order valence-corrected chi connectivity index (χ0v) is 11.6. The molecule has 0 saturated carbocycles. The number of hydrogen-bond donors (Lipinski definition) is 2. The lowest BCUT2D eigenvalue weighted by atomic mass is 10.2. The molecule has 4 nitrogen and oxygen atoms in total. The summed E-state index contributed by atoms with van der Waals surface area (Å²) in [5.74, 6) is 0.113. The van der Waals surface area contributed by atoms with Gasteiger partial charge in [-0.15, -0.1) is 0 Å². The van der Waals surface area contributed by atoms with Crippen LogP contribution in [0.1, 0.15) is 15.9 Å². The number of aromatic nitrogens is 1. The molecule has 3 N–H and O–H groups in total. The molecule has 0 spiro atoms. The molecule has 2 aromatic rings. The second kappa shape index (κ2) is 5.47. The second-order valence-electron chi connectivity index (χ2n) is 4.04. The minimum absolute atomic E-state index is 0.240. The van der Waals surface area contributed by atoms with Gasteiger partial charge < -0.3 is 11.1 Å². The average Bonchev–Trinajstić information content (AvgIpc) is 2.38. The lowest BCUT2D eigenvalue weighted by Gasteiger charge is -2.07. The Labute approximate surface area is 120 Å². The molecule has 0 aliphatic heterocycles. The third-order valence-corrected chi connectivity index (χ3v) is 3.29. The average molecular weight is 296 g/mol. The lowest BCUT2D eigenvalue weighted by molar-refractivity contribution is 0.102. The molecule has 0 bridgehead atoms. The van der Waals surface area contributed by atoms with Gasteiger partial charge in [0.1, 0.15) is 5.82 Å². The van der Waals surface area contributed by atoms with Gasteiger partial charge in [-0.05, 0) is 30.7 Å². The van der Waals surface area contributed by atoms with Crippen LogP contribution in [0, 0.1) is 6.92 Å². The molecule has 2 rings (SSSR count). The predicted molar refractivity (Wildman–Crippen MR) is 77.8 cm³/mol. The molecule has 0 atom stereocenters. The van der Waals surface area contributed by atoms with Gasteiger partial charge >= 0.3 is 0 Å². The van der Waals surface area contributed by atoms with Crippen LogP contribution in [0.15, 0.2) is 30.5 Å². The number of nitrogen functional groups attached to an aromatic ring is 1. The Morgan fingerprint density at radius 3 is 2.63 bits per heavy atom. The van der Waals surface area contributed by atoms with E-state index in [2.05, 4.69) is 10.3 Å². The van der Waals surface area contributed by atoms with Crippen LogP contribution < -0.4 is 11.1 Å². The van der Waals surface area contributed by atoms with Crippen molar-refractivity contribution in [2.24, 2.45) is 0 Å². The molecular formula is C13H11Cl2N3O. The monoisotopic (exact) mass is 295 g/mol. The van der Waals surface area contributed by atoms with Crippen LogP contribution in [0.25, 0.3) is 0 Å². The number of aryl methyl sites for hydroxylation is 1. The lowest BCUT2D eigenvalue weighted by Crippen LogP contribution is -2.13. The van der Waals surface area contributed by atoms with Crippen LogP contribution in [0.5, 0.6) is 0 Å². The molecule has 1 amide bonds. The van der Waals surface area contributed by atoms with Crippen molar-refractivity contribution in [1.29, 1.82) is 0 Å². The maximum atomic E-state index is 12.0. The number of carbonyl (C=O) groups is 1. The molecule has 0 fully saturated rings. The third kappa shape index (κ3) is 3.16.